The van der Waals surface area contributed by atoms with Crippen molar-refractivity contribution in [2.24, 2.45) is 5.92 Å². The highest BCUT2D eigenvalue weighted by atomic mass is 16.3. The van der Waals surface area contributed by atoms with Gasteiger partial charge in [-0.15, -0.1) is 0 Å². The first-order valence-electron chi connectivity index (χ1n) is 12.2. The number of amides is 1. The van der Waals surface area contributed by atoms with Gasteiger partial charge in [0.25, 0.3) is 0 Å². The molecule has 3 atom stereocenters. The smallest absolute Gasteiger partial charge is 0.224 e. The van der Waals surface area contributed by atoms with E-state index in [0.717, 1.165) is 48.4 Å². The molecule has 1 aromatic heterocycles. The number of carbonyl (C=O) groups excluding carboxylic acids is 1. The Hall–Kier alpha value is -3.22. The van der Waals surface area contributed by atoms with Crippen LogP contribution in [-0.2, 0) is 11.3 Å². The van der Waals surface area contributed by atoms with Crippen LogP contribution in [0.25, 0.3) is 11.1 Å². The molecule has 0 unspecified atom stereocenters. The molecule has 6 nitrogen and oxygen atoms in total. The third-order valence-corrected chi connectivity index (χ3v) is 7.06. The third kappa shape index (κ3) is 4.56. The SMILES string of the molecule is CCCC(=O)Nc1cccc(-c2ccc3c(c2)[C@H]2[C@H](CCN2Cc2ccncc2)[C@@H](CO)N3)c1. The van der Waals surface area contributed by atoms with Crippen molar-refractivity contribution in [1.82, 2.24) is 9.88 Å². The molecule has 0 spiro atoms. The average Bonchev–Trinajstić information content (AvgIpc) is 3.28. The minimum Gasteiger partial charge on any atom is -0.394 e. The number of carbonyl (C=O) groups is 1. The van der Waals surface area contributed by atoms with Gasteiger partial charge in [-0.2, -0.15) is 0 Å². The van der Waals surface area contributed by atoms with E-state index in [1.165, 1.54) is 11.1 Å². The van der Waals surface area contributed by atoms with Gasteiger partial charge in [0.1, 0.15) is 0 Å². The molecule has 3 N–H and O–H groups in total. The van der Waals surface area contributed by atoms with E-state index in [-0.39, 0.29) is 24.6 Å². The first kappa shape index (κ1) is 22.6. The first-order chi connectivity index (χ1) is 16.7. The predicted octanol–water partition coefficient (Wildman–Crippen LogP) is 4.84. The number of nitrogens with zero attached hydrogens (tertiary/aromatic N) is 2. The summed E-state index contributed by atoms with van der Waals surface area (Å²) in [6.07, 6.45) is 6.10. The summed E-state index contributed by atoms with van der Waals surface area (Å²) in [5.41, 5.74) is 6.66. The fourth-order valence-electron chi connectivity index (χ4n) is 5.46. The Morgan fingerprint density at radius 2 is 1.97 bits per heavy atom. The molecular formula is C28H32N4O2. The highest BCUT2D eigenvalue weighted by Gasteiger charge is 2.43. The van der Waals surface area contributed by atoms with E-state index in [2.05, 4.69) is 56.9 Å². The number of aromatic nitrogens is 1. The summed E-state index contributed by atoms with van der Waals surface area (Å²) in [6, 6.07) is 19.1. The van der Waals surface area contributed by atoms with Gasteiger partial charge in [0.2, 0.25) is 5.91 Å². The minimum absolute atomic E-state index is 0.0462. The van der Waals surface area contributed by atoms with E-state index in [0.29, 0.717) is 12.3 Å². The van der Waals surface area contributed by atoms with E-state index in [4.69, 9.17) is 0 Å². The topological polar surface area (TPSA) is 77.5 Å². The molecule has 2 aliphatic rings. The van der Waals surface area contributed by atoms with Crippen molar-refractivity contribution in [3.8, 4) is 11.1 Å². The summed E-state index contributed by atoms with van der Waals surface area (Å²) in [5, 5.41) is 16.7. The minimum atomic E-state index is 0.0462. The van der Waals surface area contributed by atoms with Gasteiger partial charge in [0, 0.05) is 48.7 Å². The second kappa shape index (κ2) is 9.95. The van der Waals surface area contributed by atoms with Crippen LogP contribution >= 0.6 is 0 Å². The average molecular weight is 457 g/mol. The van der Waals surface area contributed by atoms with Crippen LogP contribution in [0.4, 0.5) is 11.4 Å². The van der Waals surface area contributed by atoms with Gasteiger partial charge in [-0.05, 0) is 78.0 Å². The van der Waals surface area contributed by atoms with E-state index in [1.807, 2.05) is 37.5 Å². The van der Waals surface area contributed by atoms with Crippen LogP contribution in [0, 0.1) is 5.92 Å². The molecule has 176 valence electrons. The zero-order chi connectivity index (χ0) is 23.5. The highest BCUT2D eigenvalue weighted by molar-refractivity contribution is 5.91. The molecule has 1 fully saturated rings. The van der Waals surface area contributed by atoms with Gasteiger partial charge in [0.05, 0.1) is 12.6 Å². The van der Waals surface area contributed by atoms with Gasteiger partial charge < -0.3 is 15.7 Å². The molecule has 0 radical (unpaired) electrons. The summed E-state index contributed by atoms with van der Waals surface area (Å²) < 4.78 is 0. The highest BCUT2D eigenvalue weighted by Crippen LogP contribution is 2.47. The predicted molar refractivity (Wildman–Crippen MR) is 135 cm³/mol. The van der Waals surface area contributed by atoms with Crippen LogP contribution in [0.1, 0.15) is 43.4 Å². The molecule has 3 aromatic rings. The maximum atomic E-state index is 12.1. The summed E-state index contributed by atoms with van der Waals surface area (Å²) in [5.74, 6) is 0.402. The summed E-state index contributed by atoms with van der Waals surface area (Å²) in [6.45, 7) is 4.00. The van der Waals surface area contributed by atoms with Crippen molar-refractivity contribution in [3.05, 3.63) is 78.1 Å². The lowest BCUT2D eigenvalue weighted by molar-refractivity contribution is -0.116. The summed E-state index contributed by atoms with van der Waals surface area (Å²) >= 11 is 0. The Labute approximate surface area is 201 Å². The van der Waals surface area contributed by atoms with Gasteiger partial charge in [-0.3, -0.25) is 14.7 Å². The standard InChI is InChI=1S/C28H32N4O2/c1-2-4-27(34)30-22-6-3-5-20(15-22)21-7-8-25-24(16-21)28-23(26(18-33)31-25)11-14-32(28)17-19-9-12-29-13-10-19/h3,5-10,12-13,15-16,23,26,28,31,33H,2,4,11,14,17-18H2,1H3,(H,30,34)/t23-,26-,28-/m1/s1. The van der Waals surface area contributed by atoms with Crippen LogP contribution in [-0.4, -0.2) is 40.1 Å². The first-order valence-corrected chi connectivity index (χ1v) is 12.2. The lowest BCUT2D eigenvalue weighted by atomic mass is 9.82. The zero-order valence-electron chi connectivity index (χ0n) is 19.6. The normalized spacial score (nSPS) is 21.4. The van der Waals surface area contributed by atoms with Crippen LogP contribution in [0.15, 0.2) is 67.0 Å². The quantitative estimate of drug-likeness (QED) is 0.474. The largest absolute Gasteiger partial charge is 0.394 e. The number of rotatable bonds is 7. The zero-order valence-corrected chi connectivity index (χ0v) is 19.6. The molecule has 0 aliphatic carbocycles. The van der Waals surface area contributed by atoms with Crippen LogP contribution in [0.3, 0.4) is 0 Å². The summed E-state index contributed by atoms with van der Waals surface area (Å²) in [4.78, 5) is 18.8. The van der Waals surface area contributed by atoms with E-state index in [1.54, 1.807) is 0 Å². The summed E-state index contributed by atoms with van der Waals surface area (Å²) in [7, 11) is 0. The number of aliphatic hydroxyl groups is 1. The number of hydrogen-bond donors (Lipinski definition) is 3. The number of likely N-dealkylation sites (tertiary alicyclic amines) is 1. The molecule has 1 saturated heterocycles. The Morgan fingerprint density at radius 3 is 2.76 bits per heavy atom. The van der Waals surface area contributed by atoms with Crippen molar-refractivity contribution in [2.45, 2.75) is 44.8 Å². The number of nitrogens with one attached hydrogen (secondary N) is 2. The number of anilines is 2. The second-order valence-corrected chi connectivity index (χ2v) is 9.34. The Bertz CT molecular complexity index is 1150. The number of hydrogen-bond acceptors (Lipinski definition) is 5. The van der Waals surface area contributed by atoms with Crippen LogP contribution in [0.2, 0.25) is 0 Å². The van der Waals surface area contributed by atoms with E-state index < -0.39 is 0 Å². The van der Waals surface area contributed by atoms with Crippen molar-refractivity contribution in [1.29, 1.82) is 0 Å². The van der Waals surface area contributed by atoms with Gasteiger partial charge in [-0.25, -0.2) is 0 Å². The molecule has 0 bridgehead atoms. The molecule has 2 aromatic carbocycles. The number of benzene rings is 2. The fraction of sp³-hybridized carbons (Fsp3) is 0.357. The van der Waals surface area contributed by atoms with Gasteiger partial charge >= 0.3 is 0 Å². The molecule has 3 heterocycles. The van der Waals surface area contributed by atoms with Gasteiger partial charge in [0.15, 0.2) is 0 Å². The van der Waals surface area contributed by atoms with Crippen LogP contribution < -0.4 is 10.6 Å². The number of aliphatic hydroxyl groups excluding tert-OH is 1. The van der Waals surface area contributed by atoms with Crippen LogP contribution in [0.5, 0.6) is 0 Å². The Morgan fingerprint density at radius 1 is 1.15 bits per heavy atom. The number of fused-ring (bicyclic) bond motifs is 3. The Balaban J connectivity index is 1.47. The molecule has 6 heteroatoms. The molecule has 0 saturated carbocycles. The maximum absolute atomic E-state index is 12.1. The maximum Gasteiger partial charge on any atom is 0.224 e. The van der Waals surface area contributed by atoms with Crippen molar-refractivity contribution in [2.75, 3.05) is 23.8 Å². The third-order valence-electron chi connectivity index (χ3n) is 7.06. The molecule has 1 amide bonds. The number of pyridine rings is 1. The molecule has 2 aliphatic heterocycles. The lowest BCUT2D eigenvalue weighted by Crippen LogP contribution is -2.41. The van der Waals surface area contributed by atoms with Crippen molar-refractivity contribution < 1.29 is 9.90 Å². The van der Waals surface area contributed by atoms with E-state index in [9.17, 15) is 9.90 Å². The molecular weight excluding hydrogens is 424 g/mol. The second-order valence-electron chi connectivity index (χ2n) is 9.34. The molecule has 5 rings (SSSR count). The monoisotopic (exact) mass is 456 g/mol. The van der Waals surface area contributed by atoms with Crippen molar-refractivity contribution in [3.63, 3.8) is 0 Å². The van der Waals surface area contributed by atoms with Gasteiger partial charge in [-0.1, -0.05) is 25.1 Å². The fourth-order valence-corrected chi connectivity index (χ4v) is 5.46. The Kier molecular flexibility index (Phi) is 6.61. The van der Waals surface area contributed by atoms with Crippen molar-refractivity contribution >= 4 is 17.3 Å². The molecule has 34 heavy (non-hydrogen) atoms. The van der Waals surface area contributed by atoms with E-state index >= 15 is 0 Å². The lowest BCUT2D eigenvalue weighted by Gasteiger charge is -2.39.